The maximum absolute atomic E-state index is 11.8. The Labute approximate surface area is 126 Å². The highest BCUT2D eigenvalue weighted by Gasteiger charge is 2.40. The highest BCUT2D eigenvalue weighted by molar-refractivity contribution is 8.14. The second-order valence-corrected chi connectivity index (χ2v) is 10.0. The number of thioether (sulfide) groups is 1. The first kappa shape index (κ1) is 14.7. The molecule has 20 heavy (non-hydrogen) atoms. The van der Waals surface area contributed by atoms with E-state index in [4.69, 9.17) is 0 Å². The minimum atomic E-state index is -2.86. The van der Waals surface area contributed by atoms with Crippen molar-refractivity contribution in [1.29, 1.82) is 0 Å². The zero-order valence-corrected chi connectivity index (χ0v) is 13.7. The summed E-state index contributed by atoms with van der Waals surface area (Å²) in [4.78, 5) is 4.56. The number of amidine groups is 1. The third kappa shape index (κ3) is 3.01. The van der Waals surface area contributed by atoms with Gasteiger partial charge in [-0.15, -0.1) is 0 Å². The van der Waals surface area contributed by atoms with E-state index in [2.05, 4.69) is 17.2 Å². The molecule has 2 heterocycles. The third-order valence-electron chi connectivity index (χ3n) is 4.99. The van der Waals surface area contributed by atoms with Crippen LogP contribution in [0.1, 0.15) is 45.4 Å². The van der Waals surface area contributed by atoms with Crippen LogP contribution < -0.4 is 5.32 Å². The van der Waals surface area contributed by atoms with E-state index >= 15 is 0 Å². The van der Waals surface area contributed by atoms with Gasteiger partial charge in [-0.25, -0.2) is 8.42 Å². The van der Waals surface area contributed by atoms with Crippen LogP contribution in [0.3, 0.4) is 0 Å². The summed E-state index contributed by atoms with van der Waals surface area (Å²) in [5, 5.41) is 4.33. The highest BCUT2D eigenvalue weighted by Crippen LogP contribution is 2.38. The predicted octanol–water partition coefficient (Wildman–Crippen LogP) is 2.20. The molecular weight excluding hydrogens is 292 g/mol. The second-order valence-electron chi connectivity index (χ2n) is 6.65. The van der Waals surface area contributed by atoms with Crippen LogP contribution in [0.4, 0.5) is 0 Å². The molecule has 1 unspecified atom stereocenters. The second kappa shape index (κ2) is 5.52. The van der Waals surface area contributed by atoms with Gasteiger partial charge in [-0.05, 0) is 44.4 Å². The fourth-order valence-electron chi connectivity index (χ4n) is 3.42. The number of nitrogens with zero attached hydrogens (tertiary/aromatic N) is 1. The average Bonchev–Trinajstić information content (AvgIpc) is 2.95. The predicted molar refractivity (Wildman–Crippen MR) is 85.1 cm³/mol. The largest absolute Gasteiger partial charge is 0.359 e. The van der Waals surface area contributed by atoms with Gasteiger partial charge < -0.3 is 5.32 Å². The number of nitrogens with one attached hydrogen (secondary N) is 1. The molecule has 3 fully saturated rings. The van der Waals surface area contributed by atoms with E-state index in [1.54, 1.807) is 11.8 Å². The zero-order chi connectivity index (χ0) is 14.2. The molecular formula is C14H24N2O2S2. The van der Waals surface area contributed by atoms with Crippen LogP contribution in [0, 0.1) is 5.92 Å². The SMILES string of the molecule is CC1CCC2(CC1)CSC(=NCC1CCCS1(=O)=O)N2. The molecule has 2 saturated heterocycles. The summed E-state index contributed by atoms with van der Waals surface area (Å²) in [6, 6.07) is 0. The lowest BCUT2D eigenvalue weighted by Crippen LogP contribution is -2.46. The van der Waals surface area contributed by atoms with Gasteiger partial charge in [0.05, 0.1) is 17.5 Å². The summed E-state index contributed by atoms with van der Waals surface area (Å²) in [6.45, 7) is 2.78. The lowest BCUT2D eigenvalue weighted by atomic mass is 9.78. The van der Waals surface area contributed by atoms with Crippen LogP contribution in [0.15, 0.2) is 4.99 Å². The van der Waals surface area contributed by atoms with Gasteiger partial charge in [0, 0.05) is 11.3 Å². The Bertz CT molecular complexity index is 493. The molecule has 2 aliphatic heterocycles. The summed E-state index contributed by atoms with van der Waals surface area (Å²) < 4.78 is 23.6. The first-order chi connectivity index (χ1) is 9.49. The molecule has 0 aromatic heterocycles. The van der Waals surface area contributed by atoms with Crippen molar-refractivity contribution >= 4 is 26.8 Å². The molecule has 0 amide bonds. The number of aliphatic imine (C=N–C) groups is 1. The van der Waals surface area contributed by atoms with Crippen molar-refractivity contribution in [2.24, 2.45) is 10.9 Å². The number of hydrogen-bond acceptors (Lipinski definition) is 4. The summed E-state index contributed by atoms with van der Waals surface area (Å²) >= 11 is 1.78. The van der Waals surface area contributed by atoms with E-state index in [0.29, 0.717) is 12.3 Å². The first-order valence-corrected chi connectivity index (χ1v) is 10.4. The smallest absolute Gasteiger partial charge is 0.157 e. The Morgan fingerprint density at radius 3 is 2.75 bits per heavy atom. The van der Waals surface area contributed by atoms with Gasteiger partial charge in [-0.1, -0.05) is 18.7 Å². The number of sulfone groups is 1. The molecule has 0 bridgehead atoms. The standard InChI is InChI=1S/C14H24N2O2S2/c1-11-4-6-14(7-5-11)10-19-13(16-14)15-9-12-3-2-8-20(12,17)18/h11-12H,2-10H2,1H3,(H,15,16). The van der Waals surface area contributed by atoms with E-state index in [9.17, 15) is 8.42 Å². The lowest BCUT2D eigenvalue weighted by molar-refractivity contribution is 0.251. The van der Waals surface area contributed by atoms with Crippen molar-refractivity contribution < 1.29 is 8.42 Å². The number of hydrogen-bond donors (Lipinski definition) is 1. The molecule has 1 aliphatic carbocycles. The van der Waals surface area contributed by atoms with Crippen LogP contribution in [0.5, 0.6) is 0 Å². The topological polar surface area (TPSA) is 58.5 Å². The van der Waals surface area contributed by atoms with E-state index in [1.165, 1.54) is 25.7 Å². The van der Waals surface area contributed by atoms with Crippen molar-refractivity contribution in [1.82, 2.24) is 5.32 Å². The zero-order valence-electron chi connectivity index (χ0n) is 12.1. The van der Waals surface area contributed by atoms with Gasteiger partial charge >= 0.3 is 0 Å². The fraction of sp³-hybridized carbons (Fsp3) is 0.929. The maximum Gasteiger partial charge on any atom is 0.157 e. The Balaban J connectivity index is 1.58. The molecule has 3 aliphatic rings. The van der Waals surface area contributed by atoms with Crippen LogP contribution in [0.25, 0.3) is 0 Å². The minimum Gasteiger partial charge on any atom is -0.359 e. The van der Waals surface area contributed by atoms with Crippen LogP contribution in [0.2, 0.25) is 0 Å². The Hall–Kier alpha value is -0.230. The van der Waals surface area contributed by atoms with Crippen LogP contribution in [-0.2, 0) is 9.84 Å². The van der Waals surface area contributed by atoms with E-state index in [-0.39, 0.29) is 10.8 Å². The maximum atomic E-state index is 11.8. The average molecular weight is 316 g/mol. The third-order valence-corrected chi connectivity index (χ3v) is 8.45. The normalized spacial score (nSPS) is 42.1. The van der Waals surface area contributed by atoms with Crippen LogP contribution >= 0.6 is 11.8 Å². The van der Waals surface area contributed by atoms with Crippen molar-refractivity contribution in [3.63, 3.8) is 0 Å². The van der Waals surface area contributed by atoms with Gasteiger partial charge in [0.15, 0.2) is 15.0 Å². The summed E-state index contributed by atoms with van der Waals surface area (Å²) in [5.74, 6) is 2.29. The summed E-state index contributed by atoms with van der Waals surface area (Å²) in [5.41, 5.74) is 0.241. The van der Waals surface area contributed by atoms with Crippen molar-refractivity contribution in [2.75, 3.05) is 18.1 Å². The van der Waals surface area contributed by atoms with Gasteiger partial charge in [0.2, 0.25) is 0 Å². The van der Waals surface area contributed by atoms with Gasteiger partial charge in [-0.3, -0.25) is 4.99 Å². The molecule has 0 radical (unpaired) electrons. The monoisotopic (exact) mass is 316 g/mol. The van der Waals surface area contributed by atoms with E-state index in [1.807, 2.05) is 0 Å². The molecule has 1 atom stereocenters. The van der Waals surface area contributed by atoms with Crippen molar-refractivity contribution in [3.05, 3.63) is 0 Å². The quantitative estimate of drug-likeness (QED) is 0.848. The number of rotatable bonds is 2. The first-order valence-electron chi connectivity index (χ1n) is 7.66. The summed E-state index contributed by atoms with van der Waals surface area (Å²) in [7, 11) is -2.86. The van der Waals surface area contributed by atoms with Crippen LogP contribution in [-0.4, -0.2) is 42.4 Å². The molecule has 0 aromatic carbocycles. The molecule has 0 aromatic rings. The molecule has 1 saturated carbocycles. The molecule has 1 spiro atoms. The Morgan fingerprint density at radius 1 is 1.35 bits per heavy atom. The van der Waals surface area contributed by atoms with Gasteiger partial charge in [0.25, 0.3) is 0 Å². The van der Waals surface area contributed by atoms with E-state index in [0.717, 1.165) is 29.7 Å². The van der Waals surface area contributed by atoms with Crippen molar-refractivity contribution in [2.45, 2.75) is 56.2 Å². The molecule has 4 nitrogen and oxygen atoms in total. The lowest BCUT2D eigenvalue weighted by Gasteiger charge is -2.35. The van der Waals surface area contributed by atoms with Gasteiger partial charge in [0.1, 0.15) is 0 Å². The molecule has 114 valence electrons. The molecule has 6 heteroatoms. The highest BCUT2D eigenvalue weighted by atomic mass is 32.2. The van der Waals surface area contributed by atoms with E-state index < -0.39 is 9.84 Å². The van der Waals surface area contributed by atoms with Crippen molar-refractivity contribution in [3.8, 4) is 0 Å². The van der Waals surface area contributed by atoms with Gasteiger partial charge in [-0.2, -0.15) is 0 Å². The Morgan fingerprint density at radius 2 is 2.10 bits per heavy atom. The Kier molecular flexibility index (Phi) is 4.06. The molecule has 1 N–H and O–H groups in total. The minimum absolute atomic E-state index is 0.236. The fourth-order valence-corrected chi connectivity index (χ4v) is 6.38. The summed E-state index contributed by atoms with van der Waals surface area (Å²) in [6.07, 6.45) is 6.62. The molecule has 3 rings (SSSR count).